The van der Waals surface area contributed by atoms with Crippen LogP contribution in [0.5, 0.6) is 0 Å². The first-order chi connectivity index (χ1) is 10.8. The zero-order valence-electron chi connectivity index (χ0n) is 12.8. The average molecular weight is 329 g/mol. The second-order valence-corrected chi connectivity index (χ2v) is 6.42. The number of aromatic nitrogens is 2. The summed E-state index contributed by atoms with van der Waals surface area (Å²) < 4.78 is 43.2. The quantitative estimate of drug-likeness (QED) is 0.835. The van der Waals surface area contributed by atoms with Crippen LogP contribution in [0.2, 0.25) is 0 Å². The van der Waals surface area contributed by atoms with Crippen LogP contribution in [0.3, 0.4) is 0 Å². The van der Waals surface area contributed by atoms with Crippen molar-refractivity contribution in [1.82, 2.24) is 14.9 Å². The number of carbonyl (C=O) groups is 1. The molecule has 8 heteroatoms. The highest BCUT2D eigenvalue weighted by Gasteiger charge is 2.44. The van der Waals surface area contributed by atoms with Crippen molar-refractivity contribution in [2.45, 2.75) is 31.9 Å². The lowest BCUT2D eigenvalue weighted by molar-refractivity contribution is -0.169. The number of likely N-dealkylation sites (tertiary alicyclic amines) is 1. The molecular formula is C15H18F3N3O2. The van der Waals surface area contributed by atoms with Crippen LogP contribution in [0.15, 0.2) is 12.3 Å². The highest BCUT2D eigenvalue weighted by molar-refractivity contribution is 5.83. The Morgan fingerprint density at radius 2 is 2.00 bits per heavy atom. The van der Waals surface area contributed by atoms with E-state index in [0.717, 1.165) is 6.20 Å². The molecule has 0 spiro atoms. The molecule has 0 aromatic carbocycles. The number of hydrogen-bond acceptors (Lipinski definition) is 4. The molecule has 0 unspecified atom stereocenters. The minimum atomic E-state index is -4.54. The summed E-state index contributed by atoms with van der Waals surface area (Å²) in [5.41, 5.74) is -0.0387. The van der Waals surface area contributed by atoms with Gasteiger partial charge in [0.05, 0.1) is 18.6 Å². The van der Waals surface area contributed by atoms with Gasteiger partial charge in [-0.2, -0.15) is 13.2 Å². The van der Waals surface area contributed by atoms with E-state index in [4.69, 9.17) is 4.74 Å². The van der Waals surface area contributed by atoms with E-state index in [0.29, 0.717) is 44.8 Å². The van der Waals surface area contributed by atoms with Crippen molar-refractivity contribution in [3.05, 3.63) is 23.8 Å². The maximum atomic E-state index is 12.7. The number of nitrogens with zero attached hydrogens (tertiary/aromatic N) is 3. The van der Waals surface area contributed by atoms with Gasteiger partial charge in [0.2, 0.25) is 11.7 Å². The number of hydrogen-bond donors (Lipinski definition) is 0. The monoisotopic (exact) mass is 329 g/mol. The maximum absolute atomic E-state index is 12.7. The van der Waals surface area contributed by atoms with E-state index in [1.54, 1.807) is 4.90 Å². The van der Waals surface area contributed by atoms with Crippen LogP contribution in [0, 0.1) is 5.41 Å². The molecule has 1 amide bonds. The van der Waals surface area contributed by atoms with Gasteiger partial charge in [0.25, 0.3) is 0 Å². The Morgan fingerprint density at radius 3 is 2.52 bits per heavy atom. The van der Waals surface area contributed by atoms with Crippen LogP contribution in [-0.2, 0) is 15.7 Å². The number of amides is 1. The predicted molar refractivity (Wildman–Crippen MR) is 74.5 cm³/mol. The van der Waals surface area contributed by atoms with Crippen LogP contribution in [0.25, 0.3) is 0 Å². The van der Waals surface area contributed by atoms with Crippen LogP contribution >= 0.6 is 0 Å². The van der Waals surface area contributed by atoms with Gasteiger partial charge < -0.3 is 9.64 Å². The molecule has 2 saturated heterocycles. The Kier molecular flexibility index (Phi) is 4.03. The Balaban J connectivity index is 1.64. The van der Waals surface area contributed by atoms with E-state index in [1.165, 1.54) is 6.07 Å². The fourth-order valence-electron chi connectivity index (χ4n) is 3.03. The third-order valence-corrected chi connectivity index (χ3v) is 4.49. The minimum Gasteiger partial charge on any atom is -0.379 e. The zero-order chi connectivity index (χ0) is 16.7. The van der Waals surface area contributed by atoms with Crippen molar-refractivity contribution in [1.29, 1.82) is 0 Å². The third-order valence-electron chi connectivity index (χ3n) is 4.49. The van der Waals surface area contributed by atoms with Gasteiger partial charge >= 0.3 is 6.18 Å². The average Bonchev–Trinajstić information content (AvgIpc) is 2.51. The minimum absolute atomic E-state index is 0.0702. The molecule has 2 fully saturated rings. The molecule has 0 atom stereocenters. The number of carbonyl (C=O) groups excluding carboxylic acids is 1. The first-order valence-corrected chi connectivity index (χ1v) is 7.57. The number of ether oxygens (including phenoxy) is 1. The van der Waals surface area contributed by atoms with Crippen molar-refractivity contribution < 1.29 is 22.7 Å². The highest BCUT2D eigenvalue weighted by atomic mass is 19.4. The normalized spacial score (nSPS) is 21.8. The summed E-state index contributed by atoms with van der Waals surface area (Å²) in [4.78, 5) is 21.1. The molecule has 23 heavy (non-hydrogen) atoms. The predicted octanol–water partition coefficient (Wildman–Crippen LogP) is 2.24. The van der Waals surface area contributed by atoms with Crippen molar-refractivity contribution in [3.63, 3.8) is 0 Å². The van der Waals surface area contributed by atoms with Crippen molar-refractivity contribution >= 4 is 5.91 Å². The Hall–Kier alpha value is -1.70. The summed E-state index contributed by atoms with van der Waals surface area (Å²) in [6, 6.07) is 1.53. The molecule has 0 radical (unpaired) electrons. The summed E-state index contributed by atoms with van der Waals surface area (Å²) in [6.07, 6.45) is -2.17. The molecule has 2 aliphatic heterocycles. The number of piperidine rings is 1. The smallest absolute Gasteiger partial charge is 0.379 e. The topological polar surface area (TPSA) is 55.3 Å². The fourth-order valence-corrected chi connectivity index (χ4v) is 3.03. The number of alkyl halides is 3. The summed E-state index contributed by atoms with van der Waals surface area (Å²) in [5, 5.41) is 0. The van der Waals surface area contributed by atoms with Gasteiger partial charge in [-0.15, -0.1) is 0 Å². The molecule has 0 saturated carbocycles. The number of rotatable bonds is 2. The molecule has 1 aromatic rings. The van der Waals surface area contributed by atoms with E-state index in [1.807, 2.05) is 6.92 Å². The second kappa shape index (κ2) is 5.74. The standard InChI is InChI=1S/C15H18F3N3O2/c1-14(8-23-9-14)13(22)21-6-3-10(4-7-21)11-2-5-19-12(20-11)15(16,17)18/h2,5,10H,3-4,6-9H2,1H3. The summed E-state index contributed by atoms with van der Waals surface area (Å²) in [6.45, 7) is 3.82. The maximum Gasteiger partial charge on any atom is 0.451 e. The van der Waals surface area contributed by atoms with Gasteiger partial charge in [-0.05, 0) is 25.8 Å². The van der Waals surface area contributed by atoms with Crippen molar-refractivity contribution in [2.24, 2.45) is 5.41 Å². The fraction of sp³-hybridized carbons (Fsp3) is 0.667. The Bertz CT molecular complexity index is 594. The van der Waals surface area contributed by atoms with E-state index in [9.17, 15) is 18.0 Å². The first-order valence-electron chi connectivity index (χ1n) is 7.57. The van der Waals surface area contributed by atoms with E-state index in [-0.39, 0.29) is 11.8 Å². The third kappa shape index (κ3) is 3.17. The molecule has 3 heterocycles. The number of halogens is 3. The molecule has 3 rings (SSSR count). The van der Waals surface area contributed by atoms with Crippen LogP contribution in [-0.4, -0.2) is 47.1 Å². The SMILES string of the molecule is CC1(C(=O)N2CCC(c3ccnc(C(F)(F)F)n3)CC2)COC1. The van der Waals surface area contributed by atoms with Crippen molar-refractivity contribution in [3.8, 4) is 0 Å². The lowest BCUT2D eigenvalue weighted by Crippen LogP contribution is -2.54. The van der Waals surface area contributed by atoms with E-state index >= 15 is 0 Å². The van der Waals surface area contributed by atoms with Gasteiger partial charge in [-0.1, -0.05) is 0 Å². The molecular weight excluding hydrogens is 311 g/mol. The van der Waals surface area contributed by atoms with E-state index in [2.05, 4.69) is 9.97 Å². The highest BCUT2D eigenvalue weighted by Crippen LogP contribution is 2.34. The Labute approximate surface area is 131 Å². The van der Waals surface area contributed by atoms with Crippen LogP contribution in [0.4, 0.5) is 13.2 Å². The van der Waals surface area contributed by atoms with Gasteiger partial charge in [-0.3, -0.25) is 4.79 Å². The molecule has 2 aliphatic rings. The molecule has 1 aromatic heterocycles. The van der Waals surface area contributed by atoms with Gasteiger partial charge in [0.15, 0.2) is 0 Å². The first kappa shape index (κ1) is 16.2. The molecule has 126 valence electrons. The van der Waals surface area contributed by atoms with Gasteiger partial charge in [-0.25, -0.2) is 9.97 Å². The Morgan fingerprint density at radius 1 is 1.35 bits per heavy atom. The largest absolute Gasteiger partial charge is 0.451 e. The molecule has 5 nitrogen and oxygen atoms in total. The summed E-state index contributed by atoms with van der Waals surface area (Å²) >= 11 is 0. The van der Waals surface area contributed by atoms with E-state index < -0.39 is 17.4 Å². The van der Waals surface area contributed by atoms with Crippen molar-refractivity contribution in [2.75, 3.05) is 26.3 Å². The lowest BCUT2D eigenvalue weighted by atomic mass is 9.85. The van der Waals surface area contributed by atoms with Crippen LogP contribution < -0.4 is 0 Å². The second-order valence-electron chi connectivity index (χ2n) is 6.42. The summed E-state index contributed by atoms with van der Waals surface area (Å²) in [5.74, 6) is -1.11. The molecule has 0 bridgehead atoms. The van der Waals surface area contributed by atoms with Gasteiger partial charge in [0, 0.05) is 30.9 Å². The molecule has 0 N–H and O–H groups in total. The lowest BCUT2D eigenvalue weighted by Gasteiger charge is -2.42. The zero-order valence-corrected chi connectivity index (χ0v) is 12.8. The molecule has 0 aliphatic carbocycles. The van der Waals surface area contributed by atoms with Crippen LogP contribution in [0.1, 0.15) is 37.2 Å². The summed E-state index contributed by atoms with van der Waals surface area (Å²) in [7, 11) is 0. The van der Waals surface area contributed by atoms with Gasteiger partial charge in [0.1, 0.15) is 0 Å².